The molecular weight excluding hydrogens is 352 g/mol. The average Bonchev–Trinajstić information content (AvgIpc) is 2.76. The number of benzene rings is 2. The average molecular weight is 375 g/mol. The van der Waals surface area contributed by atoms with Crippen molar-refractivity contribution in [2.45, 2.75) is 6.54 Å². The normalized spacial score (nSPS) is 14.0. The van der Waals surface area contributed by atoms with Crippen molar-refractivity contribution in [1.82, 2.24) is 0 Å². The Bertz CT molecular complexity index is 1040. The summed E-state index contributed by atoms with van der Waals surface area (Å²) in [7, 11) is 0. The fourth-order valence-electron chi connectivity index (χ4n) is 3.55. The molecule has 0 atom stereocenters. The second-order valence-corrected chi connectivity index (χ2v) is 6.76. The van der Waals surface area contributed by atoms with E-state index in [2.05, 4.69) is 22.4 Å². The monoisotopic (exact) mass is 375 g/mol. The molecule has 1 aliphatic heterocycles. The number of ether oxygens (including phenoxy) is 1. The van der Waals surface area contributed by atoms with Crippen LogP contribution >= 0.6 is 0 Å². The highest BCUT2D eigenvalue weighted by Gasteiger charge is 2.22. The van der Waals surface area contributed by atoms with Crippen molar-refractivity contribution in [2.75, 3.05) is 48.1 Å². The largest absolute Gasteiger partial charge is 0.379 e. The summed E-state index contributed by atoms with van der Waals surface area (Å²) in [6.07, 6.45) is 0. The topological polar surface area (TPSA) is 104 Å². The van der Waals surface area contributed by atoms with Crippen molar-refractivity contribution >= 4 is 28.1 Å². The molecule has 7 nitrogen and oxygen atoms in total. The first-order valence-corrected chi connectivity index (χ1v) is 9.26. The molecule has 0 spiro atoms. The van der Waals surface area contributed by atoms with Gasteiger partial charge < -0.3 is 15.0 Å². The number of nitrogen functional groups attached to an aromatic ring is 2. The lowest BCUT2D eigenvalue weighted by Gasteiger charge is -2.29. The van der Waals surface area contributed by atoms with Gasteiger partial charge in [0, 0.05) is 25.3 Å². The van der Waals surface area contributed by atoms with E-state index < -0.39 is 0 Å². The Morgan fingerprint density at radius 1 is 1.14 bits per heavy atom. The third kappa shape index (κ3) is 3.26. The molecule has 0 unspecified atom stereocenters. The third-order valence-corrected chi connectivity index (χ3v) is 5.07. The van der Waals surface area contributed by atoms with Crippen LogP contribution in [0, 0.1) is 11.3 Å². The Hall–Kier alpha value is -3.50. The summed E-state index contributed by atoms with van der Waals surface area (Å²) in [5.74, 6) is 6.42. The van der Waals surface area contributed by atoms with E-state index >= 15 is 0 Å². The number of hydrogen-bond acceptors (Lipinski definition) is 6. The summed E-state index contributed by atoms with van der Waals surface area (Å²) in [5.41, 5.74) is 10.2. The molecule has 3 aromatic rings. The number of pyridine rings is 1. The van der Waals surface area contributed by atoms with Crippen LogP contribution in [0.15, 0.2) is 48.5 Å². The van der Waals surface area contributed by atoms with Gasteiger partial charge in [-0.2, -0.15) is 5.26 Å². The Morgan fingerprint density at radius 2 is 1.89 bits per heavy atom. The molecule has 0 saturated carbocycles. The van der Waals surface area contributed by atoms with Gasteiger partial charge in [0.2, 0.25) is 0 Å². The van der Waals surface area contributed by atoms with Crippen LogP contribution in [0.2, 0.25) is 0 Å². The Kier molecular flexibility index (Phi) is 4.87. The van der Waals surface area contributed by atoms with E-state index in [-0.39, 0.29) is 5.82 Å². The van der Waals surface area contributed by atoms with E-state index in [0.29, 0.717) is 31.0 Å². The summed E-state index contributed by atoms with van der Waals surface area (Å²) in [4.78, 5) is 2.27. The number of nitrogens with two attached hydrogens (primary N) is 2. The summed E-state index contributed by atoms with van der Waals surface area (Å²) in [6, 6.07) is 18.3. The highest BCUT2D eigenvalue weighted by Crippen LogP contribution is 2.31. The maximum atomic E-state index is 9.73. The number of nitriles is 1. The minimum absolute atomic E-state index is 0.240. The smallest absolute Gasteiger partial charge is 0.316 e. The molecule has 1 fully saturated rings. The van der Waals surface area contributed by atoms with Crippen molar-refractivity contribution in [3.63, 3.8) is 0 Å². The first-order chi connectivity index (χ1) is 13.7. The molecule has 1 aliphatic rings. The van der Waals surface area contributed by atoms with Crippen molar-refractivity contribution in [3.8, 4) is 6.07 Å². The lowest BCUT2D eigenvalue weighted by atomic mass is 10.1. The minimum atomic E-state index is 0.240. The Balaban J connectivity index is 1.81. The summed E-state index contributed by atoms with van der Waals surface area (Å²) in [5, 5.41) is 14.0. The van der Waals surface area contributed by atoms with Gasteiger partial charge in [-0.3, -0.25) is 11.6 Å². The van der Waals surface area contributed by atoms with Crippen LogP contribution < -0.4 is 26.5 Å². The number of hydrogen-bond donors (Lipinski definition) is 3. The predicted octanol–water partition coefficient (Wildman–Crippen LogP) is 1.74. The fourth-order valence-corrected chi connectivity index (χ4v) is 3.55. The number of rotatable bonds is 4. The minimum Gasteiger partial charge on any atom is -0.379 e. The first kappa shape index (κ1) is 17.9. The number of nitrogens with one attached hydrogen (secondary N) is 1. The quantitative estimate of drug-likeness (QED) is 0.474. The van der Waals surface area contributed by atoms with Gasteiger partial charge in [0.05, 0.1) is 24.3 Å². The number of aromatic nitrogens is 1. The molecule has 0 amide bonds. The van der Waals surface area contributed by atoms with Gasteiger partial charge in [-0.05, 0) is 23.8 Å². The van der Waals surface area contributed by atoms with Gasteiger partial charge in [-0.1, -0.05) is 30.3 Å². The van der Waals surface area contributed by atoms with Gasteiger partial charge in [0.25, 0.3) is 0 Å². The summed E-state index contributed by atoms with van der Waals surface area (Å²) in [6.45, 7) is 3.67. The summed E-state index contributed by atoms with van der Waals surface area (Å²) >= 11 is 0. The second-order valence-electron chi connectivity index (χ2n) is 6.76. The van der Waals surface area contributed by atoms with E-state index in [1.165, 1.54) is 4.68 Å². The van der Waals surface area contributed by atoms with Crippen LogP contribution in [-0.2, 0) is 11.3 Å². The second kappa shape index (κ2) is 7.62. The van der Waals surface area contributed by atoms with Gasteiger partial charge >= 0.3 is 5.82 Å². The fraction of sp³-hybridized carbons (Fsp3) is 0.238. The van der Waals surface area contributed by atoms with E-state index in [9.17, 15) is 5.26 Å². The molecule has 5 N–H and O–H groups in total. The number of anilines is 3. The van der Waals surface area contributed by atoms with Crippen LogP contribution in [0.4, 0.5) is 17.2 Å². The SMILES string of the molecule is N#Cc1c(NCc2ccccc2)c2cc(N3CCOCC3)ccc2[n+](N)c1N. The molecule has 2 heterocycles. The van der Waals surface area contributed by atoms with Crippen LogP contribution in [0.5, 0.6) is 0 Å². The Labute approximate surface area is 163 Å². The molecule has 0 bridgehead atoms. The molecule has 0 aliphatic carbocycles. The van der Waals surface area contributed by atoms with Gasteiger partial charge in [0.15, 0.2) is 11.1 Å². The number of nitrogens with zero attached hydrogens (tertiary/aromatic N) is 3. The maximum absolute atomic E-state index is 9.73. The van der Waals surface area contributed by atoms with Gasteiger partial charge in [-0.15, -0.1) is 4.68 Å². The predicted molar refractivity (Wildman–Crippen MR) is 110 cm³/mol. The van der Waals surface area contributed by atoms with Crippen LogP contribution in [0.1, 0.15) is 11.1 Å². The van der Waals surface area contributed by atoms with Crippen molar-refractivity contribution in [2.24, 2.45) is 0 Å². The van der Waals surface area contributed by atoms with E-state index in [1.54, 1.807) is 0 Å². The molecular formula is C21H23N6O+. The number of fused-ring (bicyclic) bond motifs is 1. The third-order valence-electron chi connectivity index (χ3n) is 5.07. The molecule has 28 heavy (non-hydrogen) atoms. The maximum Gasteiger partial charge on any atom is 0.316 e. The first-order valence-electron chi connectivity index (χ1n) is 9.26. The van der Waals surface area contributed by atoms with Gasteiger partial charge in [0.1, 0.15) is 6.07 Å². The molecule has 1 saturated heterocycles. The molecule has 1 aromatic heterocycles. The van der Waals surface area contributed by atoms with E-state index in [0.717, 1.165) is 35.2 Å². The number of morpholine rings is 1. The molecule has 2 aromatic carbocycles. The van der Waals surface area contributed by atoms with Crippen LogP contribution in [0.3, 0.4) is 0 Å². The highest BCUT2D eigenvalue weighted by atomic mass is 16.5. The van der Waals surface area contributed by atoms with Crippen LogP contribution in [0.25, 0.3) is 10.9 Å². The van der Waals surface area contributed by atoms with Gasteiger partial charge in [-0.25, -0.2) is 0 Å². The Morgan fingerprint density at radius 3 is 2.61 bits per heavy atom. The van der Waals surface area contributed by atoms with Crippen molar-refractivity contribution in [1.29, 1.82) is 5.26 Å². The molecule has 0 radical (unpaired) electrons. The molecule has 4 rings (SSSR count). The van der Waals surface area contributed by atoms with E-state index in [4.69, 9.17) is 16.3 Å². The zero-order valence-corrected chi connectivity index (χ0v) is 15.6. The molecule has 7 heteroatoms. The van der Waals surface area contributed by atoms with Crippen molar-refractivity contribution in [3.05, 3.63) is 59.7 Å². The lowest BCUT2D eigenvalue weighted by molar-refractivity contribution is -0.596. The van der Waals surface area contributed by atoms with Crippen molar-refractivity contribution < 1.29 is 9.41 Å². The molecule has 142 valence electrons. The zero-order chi connectivity index (χ0) is 19.5. The summed E-state index contributed by atoms with van der Waals surface area (Å²) < 4.78 is 6.83. The van der Waals surface area contributed by atoms with E-state index in [1.807, 2.05) is 42.5 Å². The lowest BCUT2D eigenvalue weighted by Crippen LogP contribution is -2.48. The zero-order valence-electron chi connectivity index (χ0n) is 15.6. The standard InChI is InChI=1S/C21H22N6O/c22-13-18-20(25-14-15-4-2-1-3-5-15)17-12-16(26-8-10-28-11-9-26)6-7-19(17)27(24)21(18)23/h1-7,12H,8-11,14,24H2,(H2,23,25)/p+1. The van der Waals surface area contributed by atoms with Crippen LogP contribution in [-0.4, -0.2) is 26.3 Å². The highest BCUT2D eigenvalue weighted by molar-refractivity contribution is 5.96.